The number of hydrogen-bond acceptors (Lipinski definition) is 6. The van der Waals surface area contributed by atoms with Crippen LogP contribution in [-0.4, -0.2) is 44.6 Å². The summed E-state index contributed by atoms with van der Waals surface area (Å²) in [6, 6.07) is 5.76. The number of benzene rings is 2. The molecule has 0 saturated heterocycles. The van der Waals surface area contributed by atoms with Gasteiger partial charge in [0.2, 0.25) is 6.79 Å². The van der Waals surface area contributed by atoms with E-state index in [1.165, 1.54) is 5.56 Å². The molecular weight excluding hydrogens is 334 g/mol. The maximum absolute atomic E-state index is 11.3. The summed E-state index contributed by atoms with van der Waals surface area (Å²) in [7, 11) is 5.25. The second-order valence-corrected chi connectivity index (χ2v) is 6.94. The van der Waals surface area contributed by atoms with Gasteiger partial charge in [-0.1, -0.05) is 0 Å². The first-order valence-electron chi connectivity index (χ1n) is 8.74. The molecule has 0 radical (unpaired) electrons. The zero-order valence-corrected chi connectivity index (χ0v) is 15.0. The highest BCUT2D eigenvalue weighted by molar-refractivity contribution is 5.86. The molecule has 0 saturated carbocycles. The van der Waals surface area contributed by atoms with Crippen molar-refractivity contribution in [3.05, 3.63) is 34.9 Å². The number of hydrogen-bond donors (Lipinski definition) is 1. The van der Waals surface area contributed by atoms with Gasteiger partial charge in [0.25, 0.3) is 0 Å². The Morgan fingerprint density at radius 1 is 1.15 bits per heavy atom. The SMILES string of the molecule is COc1ccc2c(c1OC)[C@@H](O)[C@H]1c3c(cc4c(c3-2)OCO4)CCN1C. The van der Waals surface area contributed by atoms with E-state index in [1.807, 2.05) is 19.2 Å². The predicted octanol–water partition coefficient (Wildman–Crippen LogP) is 2.68. The molecule has 0 unspecified atom stereocenters. The third-order valence-corrected chi connectivity index (χ3v) is 5.74. The summed E-state index contributed by atoms with van der Waals surface area (Å²) in [5, 5.41) is 11.3. The molecule has 2 aromatic carbocycles. The standard InChI is InChI=1S/C20H21NO5/c1-21-7-6-10-8-13-20(26-9-25-13)15-11-4-5-12(23-2)19(24-3)16(11)18(22)17(21)14(10)15/h4-5,8,17-18,22H,6-7,9H2,1-3H3/t17-,18-/m1/s1. The van der Waals surface area contributed by atoms with Crippen LogP contribution in [-0.2, 0) is 6.42 Å². The average Bonchev–Trinajstić information content (AvgIpc) is 3.12. The van der Waals surface area contributed by atoms with E-state index in [0.29, 0.717) is 11.5 Å². The number of fused-ring (bicyclic) bond motifs is 4. The molecule has 1 aliphatic carbocycles. The second-order valence-electron chi connectivity index (χ2n) is 6.94. The van der Waals surface area contributed by atoms with E-state index in [4.69, 9.17) is 18.9 Å². The molecule has 6 nitrogen and oxygen atoms in total. The van der Waals surface area contributed by atoms with Crippen molar-refractivity contribution in [2.45, 2.75) is 18.6 Å². The lowest BCUT2D eigenvalue weighted by molar-refractivity contribution is 0.0523. The molecule has 136 valence electrons. The van der Waals surface area contributed by atoms with E-state index in [2.05, 4.69) is 11.0 Å². The summed E-state index contributed by atoms with van der Waals surface area (Å²) < 4.78 is 22.6. The Bertz CT molecular complexity index is 910. The lowest BCUT2D eigenvalue weighted by Gasteiger charge is -2.43. The van der Waals surface area contributed by atoms with E-state index >= 15 is 0 Å². The Hall–Kier alpha value is -2.44. The van der Waals surface area contributed by atoms with Crippen molar-refractivity contribution in [1.29, 1.82) is 0 Å². The number of aliphatic hydroxyl groups excluding tert-OH is 1. The van der Waals surface area contributed by atoms with Crippen LogP contribution in [0, 0.1) is 0 Å². The van der Waals surface area contributed by atoms with Crippen molar-refractivity contribution in [2.75, 3.05) is 34.6 Å². The van der Waals surface area contributed by atoms with Crippen LogP contribution in [0.5, 0.6) is 23.0 Å². The smallest absolute Gasteiger partial charge is 0.231 e. The highest BCUT2D eigenvalue weighted by Gasteiger charge is 2.44. The van der Waals surface area contributed by atoms with Crippen molar-refractivity contribution in [3.63, 3.8) is 0 Å². The summed E-state index contributed by atoms with van der Waals surface area (Å²) in [5.74, 6) is 2.71. The molecule has 5 rings (SSSR count). The molecular formula is C20H21NO5. The highest BCUT2D eigenvalue weighted by Crippen LogP contribution is 2.59. The predicted molar refractivity (Wildman–Crippen MR) is 95.1 cm³/mol. The number of likely N-dealkylation sites (N-methyl/N-ethyl adjacent to an activating group) is 1. The molecule has 0 amide bonds. The zero-order chi connectivity index (χ0) is 18.0. The van der Waals surface area contributed by atoms with Crippen LogP contribution >= 0.6 is 0 Å². The van der Waals surface area contributed by atoms with Gasteiger partial charge >= 0.3 is 0 Å². The lowest BCUT2D eigenvalue weighted by atomic mass is 9.74. The molecule has 2 aliphatic heterocycles. The number of nitrogens with zero attached hydrogens (tertiary/aromatic N) is 1. The van der Waals surface area contributed by atoms with Crippen LogP contribution in [0.15, 0.2) is 18.2 Å². The van der Waals surface area contributed by atoms with Gasteiger partial charge in [-0.3, -0.25) is 4.90 Å². The van der Waals surface area contributed by atoms with Crippen molar-refractivity contribution >= 4 is 0 Å². The summed E-state index contributed by atoms with van der Waals surface area (Å²) in [5.41, 5.74) is 5.02. The maximum Gasteiger partial charge on any atom is 0.231 e. The first kappa shape index (κ1) is 15.8. The first-order valence-corrected chi connectivity index (χ1v) is 8.74. The minimum atomic E-state index is -0.716. The molecule has 26 heavy (non-hydrogen) atoms. The first-order chi connectivity index (χ1) is 12.7. The molecule has 0 bridgehead atoms. The normalized spacial score (nSPS) is 22.6. The van der Waals surface area contributed by atoms with Crippen LogP contribution in [0.25, 0.3) is 11.1 Å². The number of aliphatic hydroxyl groups is 1. The quantitative estimate of drug-likeness (QED) is 0.894. The van der Waals surface area contributed by atoms with Crippen molar-refractivity contribution in [2.24, 2.45) is 0 Å². The Kier molecular flexibility index (Phi) is 3.36. The highest BCUT2D eigenvalue weighted by atomic mass is 16.7. The summed E-state index contributed by atoms with van der Waals surface area (Å²) in [4.78, 5) is 2.19. The Morgan fingerprint density at radius 3 is 2.77 bits per heavy atom. The van der Waals surface area contributed by atoms with Crippen molar-refractivity contribution < 1.29 is 24.1 Å². The fraction of sp³-hybridized carbons (Fsp3) is 0.400. The minimum Gasteiger partial charge on any atom is -0.493 e. The van der Waals surface area contributed by atoms with E-state index in [1.54, 1.807) is 14.2 Å². The van der Waals surface area contributed by atoms with E-state index in [9.17, 15) is 5.11 Å². The summed E-state index contributed by atoms with van der Waals surface area (Å²) in [6.07, 6.45) is 0.202. The minimum absolute atomic E-state index is 0.156. The topological polar surface area (TPSA) is 60.4 Å². The molecule has 2 aromatic rings. The largest absolute Gasteiger partial charge is 0.493 e. The van der Waals surface area contributed by atoms with Gasteiger partial charge in [0, 0.05) is 17.7 Å². The van der Waals surface area contributed by atoms with Gasteiger partial charge in [0.1, 0.15) is 6.10 Å². The van der Waals surface area contributed by atoms with E-state index < -0.39 is 6.10 Å². The average molecular weight is 355 g/mol. The van der Waals surface area contributed by atoms with Crippen LogP contribution in [0.4, 0.5) is 0 Å². The van der Waals surface area contributed by atoms with Crippen LogP contribution in [0.2, 0.25) is 0 Å². The molecule has 3 aliphatic rings. The van der Waals surface area contributed by atoms with Crippen molar-refractivity contribution in [3.8, 4) is 34.1 Å². The molecule has 0 spiro atoms. The Labute approximate surface area is 151 Å². The van der Waals surface area contributed by atoms with Crippen LogP contribution < -0.4 is 18.9 Å². The molecule has 6 heteroatoms. The number of methoxy groups -OCH3 is 2. The molecule has 0 fully saturated rings. The zero-order valence-electron chi connectivity index (χ0n) is 15.0. The van der Waals surface area contributed by atoms with Crippen LogP contribution in [0.1, 0.15) is 28.8 Å². The molecule has 2 atom stereocenters. The fourth-order valence-electron chi connectivity index (χ4n) is 4.60. The maximum atomic E-state index is 11.3. The van der Waals surface area contributed by atoms with Gasteiger partial charge in [-0.2, -0.15) is 0 Å². The Morgan fingerprint density at radius 2 is 2.00 bits per heavy atom. The van der Waals surface area contributed by atoms with Gasteiger partial charge in [-0.15, -0.1) is 0 Å². The Balaban J connectivity index is 1.89. The van der Waals surface area contributed by atoms with Gasteiger partial charge < -0.3 is 24.1 Å². The van der Waals surface area contributed by atoms with Gasteiger partial charge in [-0.05, 0) is 48.4 Å². The molecule has 1 N–H and O–H groups in total. The molecule has 0 aromatic heterocycles. The molecule has 2 heterocycles. The number of ether oxygens (including phenoxy) is 4. The van der Waals surface area contributed by atoms with E-state index in [0.717, 1.165) is 46.7 Å². The van der Waals surface area contributed by atoms with Crippen LogP contribution in [0.3, 0.4) is 0 Å². The summed E-state index contributed by atoms with van der Waals surface area (Å²) in [6.45, 7) is 1.09. The van der Waals surface area contributed by atoms with Gasteiger partial charge in [0.05, 0.1) is 20.3 Å². The fourth-order valence-corrected chi connectivity index (χ4v) is 4.60. The van der Waals surface area contributed by atoms with Gasteiger partial charge in [0.15, 0.2) is 23.0 Å². The second kappa shape index (κ2) is 5.53. The number of rotatable bonds is 2. The van der Waals surface area contributed by atoms with Gasteiger partial charge in [-0.25, -0.2) is 0 Å². The third kappa shape index (κ3) is 1.88. The monoisotopic (exact) mass is 355 g/mol. The summed E-state index contributed by atoms with van der Waals surface area (Å²) >= 11 is 0. The van der Waals surface area contributed by atoms with E-state index in [-0.39, 0.29) is 12.8 Å². The lowest BCUT2D eigenvalue weighted by Crippen LogP contribution is -2.38. The third-order valence-electron chi connectivity index (χ3n) is 5.74. The van der Waals surface area contributed by atoms with Crippen molar-refractivity contribution in [1.82, 2.24) is 4.90 Å².